The SMILES string of the molecule is C=CCOC(=O)C(C)(C)OC(=O)c1cc([N+](=O)[O-])ccc1Cl. The van der Waals surface area contributed by atoms with Gasteiger partial charge < -0.3 is 9.47 Å². The lowest BCUT2D eigenvalue weighted by Crippen LogP contribution is -2.38. The first-order valence-corrected chi connectivity index (χ1v) is 6.52. The zero-order chi connectivity index (χ0) is 16.9. The maximum absolute atomic E-state index is 12.1. The molecule has 1 aromatic rings. The molecular formula is C14H14ClNO6. The third-order valence-corrected chi connectivity index (χ3v) is 2.88. The minimum atomic E-state index is -1.58. The van der Waals surface area contributed by atoms with E-state index in [-0.39, 0.29) is 22.9 Å². The maximum Gasteiger partial charge on any atom is 0.350 e. The summed E-state index contributed by atoms with van der Waals surface area (Å²) < 4.78 is 9.85. The van der Waals surface area contributed by atoms with Crippen LogP contribution >= 0.6 is 11.6 Å². The number of esters is 2. The van der Waals surface area contributed by atoms with Gasteiger partial charge in [-0.2, -0.15) is 0 Å². The topological polar surface area (TPSA) is 95.7 Å². The van der Waals surface area contributed by atoms with Gasteiger partial charge in [-0.25, -0.2) is 9.59 Å². The molecule has 0 aliphatic rings. The molecule has 0 fully saturated rings. The lowest BCUT2D eigenvalue weighted by atomic mass is 10.1. The van der Waals surface area contributed by atoms with Crippen molar-refractivity contribution in [3.05, 3.63) is 51.6 Å². The Morgan fingerprint density at radius 2 is 2.09 bits per heavy atom. The van der Waals surface area contributed by atoms with E-state index >= 15 is 0 Å². The summed E-state index contributed by atoms with van der Waals surface area (Å²) in [6, 6.07) is 3.34. The lowest BCUT2D eigenvalue weighted by Gasteiger charge is -2.22. The van der Waals surface area contributed by atoms with E-state index in [4.69, 9.17) is 21.1 Å². The van der Waals surface area contributed by atoms with Crippen LogP contribution in [0, 0.1) is 10.1 Å². The number of carbonyl (C=O) groups excluding carboxylic acids is 2. The molecule has 0 aliphatic carbocycles. The standard InChI is InChI=1S/C14H14ClNO6/c1-4-7-21-13(18)14(2,3)22-12(17)10-8-9(16(19)20)5-6-11(10)15/h4-6,8H,1,7H2,2-3H3. The molecule has 0 N–H and O–H groups in total. The van der Waals surface area contributed by atoms with Gasteiger partial charge in [0.15, 0.2) is 0 Å². The van der Waals surface area contributed by atoms with Crippen molar-refractivity contribution in [3.63, 3.8) is 0 Å². The Hall–Kier alpha value is -2.41. The van der Waals surface area contributed by atoms with Gasteiger partial charge in [-0.05, 0) is 19.9 Å². The van der Waals surface area contributed by atoms with Crippen LogP contribution in [0.2, 0.25) is 5.02 Å². The van der Waals surface area contributed by atoms with Crippen LogP contribution in [0.15, 0.2) is 30.9 Å². The monoisotopic (exact) mass is 327 g/mol. The normalized spacial score (nSPS) is 10.7. The van der Waals surface area contributed by atoms with Gasteiger partial charge in [0.25, 0.3) is 5.69 Å². The van der Waals surface area contributed by atoms with Crippen LogP contribution in [0.1, 0.15) is 24.2 Å². The minimum Gasteiger partial charge on any atom is -0.459 e. The fourth-order valence-corrected chi connectivity index (χ4v) is 1.61. The molecule has 118 valence electrons. The van der Waals surface area contributed by atoms with Crippen LogP contribution in [-0.4, -0.2) is 29.1 Å². The molecule has 1 rings (SSSR count). The van der Waals surface area contributed by atoms with E-state index in [0.29, 0.717) is 0 Å². The molecule has 0 aromatic heterocycles. The summed E-state index contributed by atoms with van der Waals surface area (Å²) in [5.74, 6) is -1.74. The van der Waals surface area contributed by atoms with Crippen molar-refractivity contribution < 1.29 is 24.0 Å². The number of halogens is 1. The highest BCUT2D eigenvalue weighted by Crippen LogP contribution is 2.25. The smallest absolute Gasteiger partial charge is 0.350 e. The van der Waals surface area contributed by atoms with E-state index in [1.165, 1.54) is 26.0 Å². The zero-order valence-corrected chi connectivity index (χ0v) is 12.8. The summed E-state index contributed by atoms with van der Waals surface area (Å²) in [4.78, 5) is 33.9. The average molecular weight is 328 g/mol. The molecule has 0 unspecified atom stereocenters. The van der Waals surface area contributed by atoms with Crippen LogP contribution in [0.4, 0.5) is 5.69 Å². The van der Waals surface area contributed by atoms with Crippen LogP contribution < -0.4 is 0 Å². The molecule has 0 atom stereocenters. The summed E-state index contributed by atoms with van der Waals surface area (Å²) in [6.07, 6.45) is 1.37. The molecule has 0 bridgehead atoms. The average Bonchev–Trinajstić information content (AvgIpc) is 2.44. The van der Waals surface area contributed by atoms with Gasteiger partial charge in [0.05, 0.1) is 15.5 Å². The number of rotatable bonds is 6. The van der Waals surface area contributed by atoms with Crippen LogP contribution in [-0.2, 0) is 14.3 Å². The largest absolute Gasteiger partial charge is 0.459 e. The molecule has 0 heterocycles. The van der Waals surface area contributed by atoms with Crippen LogP contribution in [0.3, 0.4) is 0 Å². The number of carbonyl (C=O) groups is 2. The fourth-order valence-electron chi connectivity index (χ4n) is 1.42. The molecule has 8 heteroatoms. The quantitative estimate of drug-likeness (QED) is 0.345. The third-order valence-electron chi connectivity index (χ3n) is 2.55. The molecule has 0 spiro atoms. The number of hydrogen-bond donors (Lipinski definition) is 0. The zero-order valence-electron chi connectivity index (χ0n) is 12.0. The third kappa shape index (κ3) is 4.29. The van der Waals surface area contributed by atoms with Crippen molar-refractivity contribution in [2.24, 2.45) is 0 Å². The lowest BCUT2D eigenvalue weighted by molar-refractivity contribution is -0.384. The molecule has 0 saturated heterocycles. The van der Waals surface area contributed by atoms with Gasteiger partial charge in [-0.1, -0.05) is 24.3 Å². The number of nitro groups is 1. The van der Waals surface area contributed by atoms with Gasteiger partial charge >= 0.3 is 11.9 Å². The minimum absolute atomic E-state index is 0.0224. The Bertz CT molecular complexity index is 626. The first-order valence-electron chi connectivity index (χ1n) is 6.14. The molecule has 7 nitrogen and oxygen atoms in total. The number of ether oxygens (including phenoxy) is 2. The van der Waals surface area contributed by atoms with Gasteiger partial charge in [0.1, 0.15) is 6.61 Å². The van der Waals surface area contributed by atoms with E-state index in [2.05, 4.69) is 6.58 Å². The van der Waals surface area contributed by atoms with E-state index < -0.39 is 22.5 Å². The Morgan fingerprint density at radius 3 is 2.64 bits per heavy atom. The van der Waals surface area contributed by atoms with Crippen molar-refractivity contribution in [3.8, 4) is 0 Å². The molecule has 0 radical (unpaired) electrons. The number of hydrogen-bond acceptors (Lipinski definition) is 6. The maximum atomic E-state index is 12.1. The summed E-state index contributed by atoms with van der Waals surface area (Å²) >= 11 is 5.83. The second-order valence-electron chi connectivity index (χ2n) is 4.71. The summed E-state index contributed by atoms with van der Waals surface area (Å²) in [7, 11) is 0. The van der Waals surface area contributed by atoms with Crippen molar-refractivity contribution in [1.29, 1.82) is 0 Å². The second kappa shape index (κ2) is 7.04. The van der Waals surface area contributed by atoms with Crippen LogP contribution in [0.5, 0.6) is 0 Å². The van der Waals surface area contributed by atoms with Crippen LogP contribution in [0.25, 0.3) is 0 Å². The van der Waals surface area contributed by atoms with E-state index in [9.17, 15) is 19.7 Å². The Morgan fingerprint density at radius 1 is 1.45 bits per heavy atom. The number of nitrogens with zero attached hydrogens (tertiary/aromatic N) is 1. The Balaban J connectivity index is 2.97. The molecule has 0 saturated carbocycles. The van der Waals surface area contributed by atoms with Gasteiger partial charge in [-0.3, -0.25) is 10.1 Å². The molecule has 0 amide bonds. The first-order chi connectivity index (χ1) is 10.2. The summed E-state index contributed by atoms with van der Waals surface area (Å²) in [6.45, 7) is 6.03. The predicted molar refractivity (Wildman–Crippen MR) is 78.8 cm³/mol. The summed E-state index contributed by atoms with van der Waals surface area (Å²) in [5.41, 5.74) is -2.10. The van der Waals surface area contributed by atoms with Crippen molar-refractivity contribution in [2.75, 3.05) is 6.61 Å². The Labute approximate surface area is 131 Å². The second-order valence-corrected chi connectivity index (χ2v) is 5.12. The highest BCUT2D eigenvalue weighted by molar-refractivity contribution is 6.33. The fraction of sp³-hybridized carbons (Fsp3) is 0.286. The summed E-state index contributed by atoms with van der Waals surface area (Å²) in [5, 5.41) is 10.7. The highest BCUT2D eigenvalue weighted by Gasteiger charge is 2.35. The molecule has 1 aromatic carbocycles. The van der Waals surface area contributed by atoms with E-state index in [0.717, 1.165) is 12.1 Å². The van der Waals surface area contributed by atoms with Crippen molar-refractivity contribution in [1.82, 2.24) is 0 Å². The number of non-ortho nitro benzene ring substituents is 1. The van der Waals surface area contributed by atoms with Crippen molar-refractivity contribution >= 4 is 29.2 Å². The van der Waals surface area contributed by atoms with E-state index in [1.54, 1.807) is 0 Å². The molecule has 0 aliphatic heterocycles. The Kier molecular flexibility index (Phi) is 5.64. The van der Waals surface area contributed by atoms with Gasteiger partial charge in [-0.15, -0.1) is 0 Å². The number of nitro benzene ring substituents is 1. The highest BCUT2D eigenvalue weighted by atomic mass is 35.5. The predicted octanol–water partition coefficient (Wildman–Crippen LogP) is 2.91. The van der Waals surface area contributed by atoms with Crippen molar-refractivity contribution in [2.45, 2.75) is 19.4 Å². The number of benzene rings is 1. The van der Waals surface area contributed by atoms with E-state index in [1.807, 2.05) is 0 Å². The first kappa shape index (κ1) is 17.6. The van der Waals surface area contributed by atoms with Gasteiger partial charge in [0.2, 0.25) is 5.60 Å². The molecule has 22 heavy (non-hydrogen) atoms. The molecular weight excluding hydrogens is 314 g/mol. The van der Waals surface area contributed by atoms with Gasteiger partial charge in [0, 0.05) is 12.1 Å².